The third-order valence-electron chi connectivity index (χ3n) is 2.88. The van der Waals surface area contributed by atoms with Crippen LogP contribution in [0.4, 0.5) is 0 Å². The number of imidazole rings is 1. The molecule has 1 N–H and O–H groups in total. The Labute approximate surface area is 120 Å². The monoisotopic (exact) mass is 288 g/mol. The smallest absolute Gasteiger partial charge is 0.182 e. The van der Waals surface area contributed by atoms with Gasteiger partial charge < -0.3 is 9.72 Å². The van der Waals surface area contributed by atoms with Gasteiger partial charge in [0.05, 0.1) is 23.4 Å². The summed E-state index contributed by atoms with van der Waals surface area (Å²) in [6, 6.07) is 12.0. The van der Waals surface area contributed by atoms with Crippen LogP contribution in [0.5, 0.6) is 5.75 Å². The van der Waals surface area contributed by atoms with Gasteiger partial charge >= 0.3 is 0 Å². The Bertz CT molecular complexity index is 741. The van der Waals surface area contributed by atoms with Crippen molar-refractivity contribution in [1.82, 2.24) is 9.55 Å². The number of ether oxygens (including phenoxy) is 1. The molecule has 0 atom stereocenters. The minimum absolute atomic E-state index is 0.660. The standard InChI is InChI=1S/C14H12N2OS2/c1-17-12-6-3-2-5-10(12)16-11(9-15-14(16)18)13-7-4-8-19-13/h2-9H,1H3,(H,15,18). The molecule has 0 radical (unpaired) electrons. The molecule has 3 aromatic rings. The van der Waals surface area contributed by atoms with Gasteiger partial charge in [0.25, 0.3) is 0 Å². The molecule has 1 aromatic carbocycles. The number of nitrogens with one attached hydrogen (secondary N) is 1. The van der Waals surface area contributed by atoms with Gasteiger partial charge in [-0.15, -0.1) is 11.3 Å². The van der Waals surface area contributed by atoms with Crippen LogP contribution in [0.3, 0.4) is 0 Å². The van der Waals surface area contributed by atoms with Crippen molar-refractivity contribution in [3.05, 3.63) is 52.7 Å². The lowest BCUT2D eigenvalue weighted by Gasteiger charge is -2.11. The van der Waals surface area contributed by atoms with Crippen LogP contribution in [-0.4, -0.2) is 16.7 Å². The molecule has 3 nitrogen and oxygen atoms in total. The molecule has 0 aliphatic heterocycles. The minimum atomic E-state index is 0.660. The fourth-order valence-corrected chi connectivity index (χ4v) is 3.02. The van der Waals surface area contributed by atoms with Gasteiger partial charge in [0.1, 0.15) is 5.75 Å². The number of rotatable bonds is 3. The van der Waals surface area contributed by atoms with Crippen molar-refractivity contribution in [1.29, 1.82) is 0 Å². The van der Waals surface area contributed by atoms with Crippen LogP contribution in [0.15, 0.2) is 48.0 Å². The summed E-state index contributed by atoms with van der Waals surface area (Å²) in [6.07, 6.45) is 1.93. The van der Waals surface area contributed by atoms with Crippen LogP contribution in [0.25, 0.3) is 16.3 Å². The lowest BCUT2D eigenvalue weighted by Crippen LogP contribution is -1.99. The third kappa shape index (κ3) is 2.11. The Kier molecular flexibility index (Phi) is 3.23. The summed E-state index contributed by atoms with van der Waals surface area (Å²) >= 11 is 7.08. The van der Waals surface area contributed by atoms with E-state index >= 15 is 0 Å². The molecule has 5 heteroatoms. The van der Waals surface area contributed by atoms with Crippen LogP contribution in [0.2, 0.25) is 0 Å². The maximum absolute atomic E-state index is 5.42. The molecule has 0 unspecified atom stereocenters. The van der Waals surface area contributed by atoms with Crippen LogP contribution < -0.4 is 4.74 Å². The predicted molar refractivity (Wildman–Crippen MR) is 80.8 cm³/mol. The molecule has 0 spiro atoms. The molecule has 0 aliphatic rings. The molecule has 0 fully saturated rings. The number of thiophene rings is 1. The molecule has 0 bridgehead atoms. The van der Waals surface area contributed by atoms with Gasteiger partial charge in [-0.2, -0.15) is 0 Å². The van der Waals surface area contributed by atoms with Crippen molar-refractivity contribution in [2.24, 2.45) is 0 Å². The maximum Gasteiger partial charge on any atom is 0.182 e. The normalized spacial score (nSPS) is 10.6. The van der Waals surface area contributed by atoms with E-state index in [1.807, 2.05) is 41.1 Å². The molecular formula is C14H12N2OS2. The quantitative estimate of drug-likeness (QED) is 0.729. The molecule has 2 heterocycles. The fraction of sp³-hybridized carbons (Fsp3) is 0.0714. The van der Waals surface area contributed by atoms with E-state index < -0.39 is 0 Å². The average molecular weight is 288 g/mol. The number of hydrogen-bond donors (Lipinski definition) is 1. The second-order valence-electron chi connectivity index (χ2n) is 3.96. The molecule has 0 saturated heterocycles. The number of aromatic nitrogens is 2. The summed E-state index contributed by atoms with van der Waals surface area (Å²) in [5, 5.41) is 2.05. The van der Waals surface area contributed by atoms with E-state index in [1.165, 1.54) is 4.88 Å². The Balaban J connectivity index is 2.26. The SMILES string of the molecule is COc1ccccc1-n1c(-c2cccs2)c[nH]c1=S. The Hall–Kier alpha value is -1.85. The largest absolute Gasteiger partial charge is 0.495 e. The van der Waals surface area contributed by atoms with Gasteiger partial charge in [-0.1, -0.05) is 18.2 Å². The van der Waals surface area contributed by atoms with Gasteiger partial charge in [0.15, 0.2) is 4.77 Å². The summed E-state index contributed by atoms with van der Waals surface area (Å²) in [4.78, 5) is 4.27. The van der Waals surface area contributed by atoms with Crippen molar-refractivity contribution < 1.29 is 4.74 Å². The number of benzene rings is 1. The van der Waals surface area contributed by atoms with Crippen molar-refractivity contribution >= 4 is 23.6 Å². The number of nitrogens with zero attached hydrogens (tertiary/aromatic N) is 1. The summed E-state index contributed by atoms with van der Waals surface area (Å²) in [5.41, 5.74) is 1.99. The number of aromatic amines is 1. The predicted octanol–water partition coefficient (Wildman–Crippen LogP) is 4.27. The number of para-hydroxylation sites is 2. The first kappa shape index (κ1) is 12.2. The van der Waals surface area contributed by atoms with E-state index in [2.05, 4.69) is 16.4 Å². The highest BCUT2D eigenvalue weighted by Gasteiger charge is 2.12. The second-order valence-corrected chi connectivity index (χ2v) is 5.30. The number of H-pyrrole nitrogens is 1. The highest BCUT2D eigenvalue weighted by Crippen LogP contribution is 2.31. The first-order valence-corrected chi connectivity index (χ1v) is 7.08. The van der Waals surface area contributed by atoms with E-state index in [1.54, 1.807) is 18.4 Å². The van der Waals surface area contributed by atoms with E-state index in [-0.39, 0.29) is 0 Å². The van der Waals surface area contributed by atoms with Gasteiger partial charge in [-0.25, -0.2) is 0 Å². The van der Waals surface area contributed by atoms with Crippen LogP contribution >= 0.6 is 23.6 Å². The average Bonchev–Trinajstić information content (AvgIpc) is 3.07. The molecule has 3 rings (SSSR count). The van der Waals surface area contributed by atoms with Crippen molar-refractivity contribution in [2.45, 2.75) is 0 Å². The maximum atomic E-state index is 5.42. The highest BCUT2D eigenvalue weighted by atomic mass is 32.1. The number of methoxy groups -OCH3 is 1. The van der Waals surface area contributed by atoms with E-state index in [9.17, 15) is 0 Å². The van der Waals surface area contributed by atoms with Crippen molar-refractivity contribution in [3.63, 3.8) is 0 Å². The molecule has 2 aromatic heterocycles. The van der Waals surface area contributed by atoms with Gasteiger partial charge in [-0.3, -0.25) is 4.57 Å². The van der Waals surface area contributed by atoms with Gasteiger partial charge in [0, 0.05) is 6.20 Å². The van der Waals surface area contributed by atoms with E-state index in [0.717, 1.165) is 17.1 Å². The molecule has 0 saturated carbocycles. The Morgan fingerprint density at radius 1 is 1.21 bits per heavy atom. The fourth-order valence-electron chi connectivity index (χ4n) is 2.03. The lowest BCUT2D eigenvalue weighted by molar-refractivity contribution is 0.413. The highest BCUT2D eigenvalue weighted by molar-refractivity contribution is 7.71. The zero-order valence-corrected chi connectivity index (χ0v) is 11.9. The van der Waals surface area contributed by atoms with Crippen LogP contribution in [0, 0.1) is 4.77 Å². The third-order valence-corrected chi connectivity index (χ3v) is 4.07. The van der Waals surface area contributed by atoms with Crippen LogP contribution in [0.1, 0.15) is 0 Å². The first-order valence-electron chi connectivity index (χ1n) is 5.79. The summed E-state index contributed by atoms with van der Waals surface area (Å²) < 4.78 is 8.08. The molecular weight excluding hydrogens is 276 g/mol. The zero-order chi connectivity index (χ0) is 13.2. The van der Waals surface area contributed by atoms with Crippen molar-refractivity contribution in [2.75, 3.05) is 7.11 Å². The Morgan fingerprint density at radius 2 is 2.05 bits per heavy atom. The lowest BCUT2D eigenvalue weighted by atomic mass is 10.2. The number of hydrogen-bond acceptors (Lipinski definition) is 3. The topological polar surface area (TPSA) is 29.9 Å². The summed E-state index contributed by atoms with van der Waals surface area (Å²) in [6.45, 7) is 0. The summed E-state index contributed by atoms with van der Waals surface area (Å²) in [5.74, 6) is 0.802. The summed E-state index contributed by atoms with van der Waals surface area (Å²) in [7, 11) is 1.67. The molecule has 0 amide bonds. The van der Waals surface area contributed by atoms with Crippen molar-refractivity contribution in [3.8, 4) is 22.0 Å². The zero-order valence-electron chi connectivity index (χ0n) is 10.3. The van der Waals surface area contributed by atoms with Gasteiger partial charge in [-0.05, 0) is 35.8 Å². The van der Waals surface area contributed by atoms with Crippen LogP contribution in [-0.2, 0) is 0 Å². The Morgan fingerprint density at radius 3 is 2.79 bits per heavy atom. The molecule has 96 valence electrons. The molecule has 0 aliphatic carbocycles. The van der Waals surface area contributed by atoms with E-state index in [4.69, 9.17) is 17.0 Å². The van der Waals surface area contributed by atoms with Gasteiger partial charge in [0.2, 0.25) is 0 Å². The molecule has 19 heavy (non-hydrogen) atoms. The second kappa shape index (κ2) is 5.03. The minimum Gasteiger partial charge on any atom is -0.495 e. The van der Waals surface area contributed by atoms with E-state index in [0.29, 0.717) is 4.77 Å². The first-order chi connectivity index (χ1) is 9.31.